The number of carbonyl (C=O) groups is 1. The molecule has 0 bridgehead atoms. The van der Waals surface area contributed by atoms with Gasteiger partial charge in [0.15, 0.2) is 6.61 Å². The van der Waals surface area contributed by atoms with Crippen LogP contribution in [0.2, 0.25) is 0 Å². The van der Waals surface area contributed by atoms with E-state index in [1.807, 2.05) is 32.0 Å². The van der Waals surface area contributed by atoms with E-state index in [-0.39, 0.29) is 18.2 Å². The number of amides is 1. The Labute approximate surface area is 139 Å². The van der Waals surface area contributed by atoms with E-state index in [0.717, 1.165) is 11.1 Å². The third kappa shape index (κ3) is 5.20. The van der Waals surface area contributed by atoms with Crippen molar-refractivity contribution in [3.63, 3.8) is 0 Å². The average Bonchev–Trinajstić information content (AvgIpc) is 2.51. The molecule has 0 aliphatic carbocycles. The highest BCUT2D eigenvalue weighted by atomic mass is 16.6. The molecule has 0 spiro atoms. The Kier molecular flexibility index (Phi) is 5.62. The predicted molar refractivity (Wildman–Crippen MR) is 91.2 cm³/mol. The third-order valence-corrected chi connectivity index (χ3v) is 3.06. The van der Waals surface area contributed by atoms with Crippen LogP contribution in [0.25, 0.3) is 0 Å². The van der Waals surface area contributed by atoms with Crippen LogP contribution in [-0.4, -0.2) is 23.7 Å². The van der Waals surface area contributed by atoms with Crippen LogP contribution in [0, 0.1) is 24.0 Å². The minimum absolute atomic E-state index is 0.0356. The van der Waals surface area contributed by atoms with Gasteiger partial charge in [0.05, 0.1) is 11.1 Å². The molecule has 0 fully saturated rings. The van der Waals surface area contributed by atoms with Crippen LogP contribution in [0.1, 0.15) is 16.7 Å². The number of aryl methyl sites for hydroxylation is 2. The van der Waals surface area contributed by atoms with Crippen molar-refractivity contribution in [2.75, 3.05) is 11.9 Å². The molecule has 0 aliphatic heterocycles. The van der Waals surface area contributed by atoms with E-state index in [4.69, 9.17) is 4.84 Å². The standard InChI is InChI=1S/C17H17N3O4/c1-12-6-13(2)8-15(7-12)19-17(21)11-24-18-10-14-4-3-5-16(9-14)20(22)23/h3-10H,11H2,1-2H3,(H,19,21)/b18-10+. The molecule has 0 saturated heterocycles. The van der Waals surface area contributed by atoms with Crippen molar-refractivity contribution in [1.82, 2.24) is 0 Å². The molecule has 0 aromatic heterocycles. The molecule has 0 saturated carbocycles. The third-order valence-electron chi connectivity index (χ3n) is 3.06. The summed E-state index contributed by atoms with van der Waals surface area (Å²) < 4.78 is 0. The second-order valence-corrected chi connectivity index (χ2v) is 5.28. The number of nitro benzene ring substituents is 1. The van der Waals surface area contributed by atoms with E-state index in [2.05, 4.69) is 10.5 Å². The first-order valence-corrected chi connectivity index (χ1v) is 7.22. The molecule has 0 aliphatic rings. The number of carbonyl (C=O) groups excluding carboxylic acids is 1. The maximum Gasteiger partial charge on any atom is 0.270 e. The highest BCUT2D eigenvalue weighted by Gasteiger charge is 2.05. The van der Waals surface area contributed by atoms with Crippen LogP contribution >= 0.6 is 0 Å². The number of oxime groups is 1. The molecule has 7 nitrogen and oxygen atoms in total. The molecule has 1 N–H and O–H groups in total. The Bertz CT molecular complexity index is 767. The summed E-state index contributed by atoms with van der Waals surface area (Å²) in [6.07, 6.45) is 1.32. The molecule has 0 radical (unpaired) electrons. The largest absolute Gasteiger partial charge is 0.386 e. The first-order chi connectivity index (χ1) is 11.4. The molecule has 2 rings (SSSR count). The number of hydrogen-bond acceptors (Lipinski definition) is 5. The maximum atomic E-state index is 11.8. The normalized spacial score (nSPS) is 10.6. The summed E-state index contributed by atoms with van der Waals surface area (Å²) in [5.74, 6) is -0.337. The van der Waals surface area contributed by atoms with E-state index < -0.39 is 4.92 Å². The van der Waals surface area contributed by atoms with Crippen LogP contribution < -0.4 is 5.32 Å². The lowest BCUT2D eigenvalue weighted by Gasteiger charge is -2.06. The Morgan fingerprint density at radius 1 is 1.25 bits per heavy atom. The lowest BCUT2D eigenvalue weighted by Crippen LogP contribution is -2.17. The van der Waals surface area contributed by atoms with Gasteiger partial charge < -0.3 is 10.2 Å². The SMILES string of the molecule is Cc1cc(C)cc(NC(=O)CO/N=C/c2cccc([N+](=O)[O-])c2)c1. The molecule has 24 heavy (non-hydrogen) atoms. The molecule has 0 atom stereocenters. The van der Waals surface area contributed by atoms with Gasteiger partial charge in [-0.25, -0.2) is 0 Å². The van der Waals surface area contributed by atoms with Gasteiger partial charge >= 0.3 is 0 Å². The number of non-ortho nitro benzene ring substituents is 1. The van der Waals surface area contributed by atoms with Crippen molar-refractivity contribution in [2.24, 2.45) is 5.16 Å². The summed E-state index contributed by atoms with van der Waals surface area (Å²) in [5, 5.41) is 17.0. The molecule has 7 heteroatoms. The monoisotopic (exact) mass is 327 g/mol. The minimum Gasteiger partial charge on any atom is -0.386 e. The molecule has 2 aromatic rings. The van der Waals surface area contributed by atoms with Gasteiger partial charge in [0, 0.05) is 23.4 Å². The van der Waals surface area contributed by atoms with Crippen molar-refractivity contribution in [3.8, 4) is 0 Å². The summed E-state index contributed by atoms with van der Waals surface area (Å²) in [6.45, 7) is 3.64. The van der Waals surface area contributed by atoms with Gasteiger partial charge in [0.2, 0.25) is 0 Å². The zero-order valence-electron chi connectivity index (χ0n) is 13.4. The second-order valence-electron chi connectivity index (χ2n) is 5.28. The van der Waals surface area contributed by atoms with Crippen LogP contribution in [0.4, 0.5) is 11.4 Å². The minimum atomic E-state index is -0.491. The summed E-state index contributed by atoms with van der Waals surface area (Å²) in [7, 11) is 0. The molecule has 1 amide bonds. The first-order valence-electron chi connectivity index (χ1n) is 7.22. The number of nitrogens with one attached hydrogen (secondary N) is 1. The van der Waals surface area contributed by atoms with Crippen molar-refractivity contribution in [3.05, 3.63) is 69.3 Å². The summed E-state index contributed by atoms with van der Waals surface area (Å²) in [6, 6.07) is 11.7. The van der Waals surface area contributed by atoms with Crippen molar-refractivity contribution in [2.45, 2.75) is 13.8 Å². The van der Waals surface area contributed by atoms with Gasteiger partial charge in [-0.2, -0.15) is 0 Å². The second kappa shape index (κ2) is 7.87. The fourth-order valence-electron chi connectivity index (χ4n) is 2.16. The first kappa shape index (κ1) is 17.1. The smallest absolute Gasteiger partial charge is 0.270 e. The molecule has 0 heterocycles. The Balaban J connectivity index is 1.86. The van der Waals surface area contributed by atoms with E-state index in [1.165, 1.54) is 18.3 Å². The topological polar surface area (TPSA) is 93.8 Å². The number of rotatable bonds is 6. The summed E-state index contributed by atoms with van der Waals surface area (Å²) >= 11 is 0. The van der Waals surface area contributed by atoms with Crippen LogP contribution in [0.15, 0.2) is 47.6 Å². The fraction of sp³-hybridized carbons (Fsp3) is 0.176. The maximum absolute atomic E-state index is 11.8. The predicted octanol–water partition coefficient (Wildman–Crippen LogP) is 3.20. The van der Waals surface area contributed by atoms with E-state index in [0.29, 0.717) is 11.3 Å². The van der Waals surface area contributed by atoms with Gasteiger partial charge in [0.25, 0.3) is 11.6 Å². The lowest BCUT2D eigenvalue weighted by molar-refractivity contribution is -0.384. The Hall–Kier alpha value is -3.22. The molecule has 124 valence electrons. The number of nitro groups is 1. The van der Waals surface area contributed by atoms with E-state index in [9.17, 15) is 14.9 Å². The van der Waals surface area contributed by atoms with E-state index >= 15 is 0 Å². The fourth-order valence-corrected chi connectivity index (χ4v) is 2.16. The number of hydrogen-bond donors (Lipinski definition) is 1. The van der Waals surface area contributed by atoms with Gasteiger partial charge in [-0.05, 0) is 37.1 Å². The highest BCUT2D eigenvalue weighted by Crippen LogP contribution is 2.14. The number of benzene rings is 2. The number of nitrogens with zero attached hydrogens (tertiary/aromatic N) is 2. The quantitative estimate of drug-likeness (QED) is 0.501. The van der Waals surface area contributed by atoms with Gasteiger partial charge in [-0.1, -0.05) is 23.4 Å². The Morgan fingerprint density at radius 3 is 2.62 bits per heavy atom. The van der Waals surface area contributed by atoms with Crippen molar-refractivity contribution < 1.29 is 14.6 Å². The molecule has 0 unspecified atom stereocenters. The van der Waals surface area contributed by atoms with Crippen molar-refractivity contribution in [1.29, 1.82) is 0 Å². The molecular formula is C17H17N3O4. The Morgan fingerprint density at radius 2 is 1.96 bits per heavy atom. The number of anilines is 1. The molecular weight excluding hydrogens is 310 g/mol. The van der Waals surface area contributed by atoms with Gasteiger partial charge in [-0.15, -0.1) is 0 Å². The lowest BCUT2D eigenvalue weighted by atomic mass is 10.1. The zero-order valence-corrected chi connectivity index (χ0v) is 13.4. The molecule has 2 aromatic carbocycles. The van der Waals surface area contributed by atoms with Crippen LogP contribution in [0.5, 0.6) is 0 Å². The van der Waals surface area contributed by atoms with Gasteiger partial charge in [0.1, 0.15) is 0 Å². The van der Waals surface area contributed by atoms with E-state index in [1.54, 1.807) is 12.1 Å². The van der Waals surface area contributed by atoms with Crippen LogP contribution in [-0.2, 0) is 9.63 Å². The highest BCUT2D eigenvalue weighted by molar-refractivity contribution is 5.92. The zero-order chi connectivity index (χ0) is 17.5. The summed E-state index contributed by atoms with van der Waals surface area (Å²) in [4.78, 5) is 26.9. The van der Waals surface area contributed by atoms with Gasteiger partial charge in [-0.3, -0.25) is 14.9 Å². The van der Waals surface area contributed by atoms with Crippen LogP contribution in [0.3, 0.4) is 0 Å². The summed E-state index contributed by atoms with van der Waals surface area (Å²) in [5.41, 5.74) is 3.28. The van der Waals surface area contributed by atoms with Crippen molar-refractivity contribution >= 4 is 23.5 Å². The average molecular weight is 327 g/mol.